The van der Waals surface area contributed by atoms with Gasteiger partial charge in [-0.2, -0.15) is 0 Å². The Kier molecular flexibility index (Phi) is 9.78. The highest BCUT2D eigenvalue weighted by atomic mass is 35.5. The molecule has 40 heavy (non-hydrogen) atoms. The van der Waals surface area contributed by atoms with E-state index in [9.17, 15) is 18.4 Å². The fourth-order valence-corrected chi connectivity index (χ4v) is 4.72. The number of pyridine rings is 1. The van der Waals surface area contributed by atoms with Crippen molar-refractivity contribution in [3.63, 3.8) is 0 Å². The number of nitrogens with zero attached hydrogens (tertiary/aromatic N) is 4. The highest BCUT2D eigenvalue weighted by Crippen LogP contribution is 2.28. The fraction of sp³-hybridized carbons (Fsp3) is 0.321. The largest absolute Gasteiger partial charge is 0.448 e. The Morgan fingerprint density at radius 3 is 2.42 bits per heavy atom. The number of halogens is 4. The third-order valence-electron chi connectivity index (χ3n) is 6.31. The second-order valence-corrected chi connectivity index (χ2v) is 10.3. The molecule has 0 atom stereocenters. The molecular formula is C28H28Cl2F2N4O4. The lowest BCUT2D eigenvalue weighted by atomic mass is 10.0. The standard InChI is InChI=1S/C28H28Cl2F2N4O4/c1-34(2)14-15-39-28(38)35-12-10-20(11-13-35)40-33-26(21-8-7-19(31)16-24(21)32)18-6-9-25(37)36(17-18)27-22(29)4-3-5-23(27)30/h3-9,16-17,20H,10-15H2,1-2H3/b33-26+. The third-order valence-corrected chi connectivity index (χ3v) is 6.92. The van der Waals surface area contributed by atoms with Crippen LogP contribution in [0.1, 0.15) is 24.0 Å². The number of rotatable bonds is 8. The number of hydrogen-bond donors (Lipinski definition) is 0. The molecule has 1 saturated heterocycles. The van der Waals surface area contributed by atoms with Gasteiger partial charge in [0.1, 0.15) is 30.1 Å². The number of aromatic nitrogens is 1. The summed E-state index contributed by atoms with van der Waals surface area (Å²) in [5, 5.41) is 4.73. The van der Waals surface area contributed by atoms with Crippen LogP contribution in [0, 0.1) is 11.6 Å². The van der Waals surface area contributed by atoms with Crippen LogP contribution in [-0.2, 0) is 9.57 Å². The van der Waals surface area contributed by atoms with Gasteiger partial charge in [0.05, 0.1) is 15.7 Å². The number of likely N-dealkylation sites (tertiary alicyclic amines) is 1. The molecule has 1 amide bonds. The van der Waals surface area contributed by atoms with Gasteiger partial charge in [-0.1, -0.05) is 34.4 Å². The molecule has 0 N–H and O–H groups in total. The molecule has 0 radical (unpaired) electrons. The van der Waals surface area contributed by atoms with Gasteiger partial charge in [0.2, 0.25) is 0 Å². The van der Waals surface area contributed by atoms with E-state index in [1.54, 1.807) is 23.1 Å². The first-order chi connectivity index (χ1) is 19.1. The topological polar surface area (TPSA) is 76.4 Å². The predicted octanol–water partition coefficient (Wildman–Crippen LogP) is 5.35. The van der Waals surface area contributed by atoms with Crippen LogP contribution in [0.2, 0.25) is 10.0 Å². The van der Waals surface area contributed by atoms with Crippen molar-refractivity contribution in [3.05, 3.63) is 97.9 Å². The molecule has 0 saturated carbocycles. The molecular weight excluding hydrogens is 565 g/mol. The Morgan fingerprint density at radius 1 is 1.07 bits per heavy atom. The van der Waals surface area contributed by atoms with Crippen LogP contribution in [0.15, 0.2) is 64.7 Å². The van der Waals surface area contributed by atoms with Crippen LogP contribution in [0.3, 0.4) is 0 Å². The summed E-state index contributed by atoms with van der Waals surface area (Å²) in [6.45, 7) is 1.72. The van der Waals surface area contributed by atoms with E-state index in [0.717, 1.165) is 12.1 Å². The summed E-state index contributed by atoms with van der Waals surface area (Å²) in [7, 11) is 3.79. The number of carbonyl (C=O) groups excluding carboxylic acids is 1. The second-order valence-electron chi connectivity index (χ2n) is 9.47. The molecule has 4 rings (SSSR count). The highest BCUT2D eigenvalue weighted by molar-refractivity contribution is 6.37. The Balaban J connectivity index is 1.59. The van der Waals surface area contributed by atoms with Crippen molar-refractivity contribution in [2.75, 3.05) is 40.3 Å². The lowest BCUT2D eigenvalue weighted by Crippen LogP contribution is -2.41. The quantitative estimate of drug-likeness (QED) is 0.260. The zero-order valence-electron chi connectivity index (χ0n) is 21.9. The molecule has 1 aromatic heterocycles. The number of hydrogen-bond acceptors (Lipinski definition) is 6. The smallest absolute Gasteiger partial charge is 0.409 e. The first-order valence-corrected chi connectivity index (χ1v) is 13.3. The molecule has 0 spiro atoms. The van der Waals surface area contributed by atoms with Crippen molar-refractivity contribution in [3.8, 4) is 5.69 Å². The van der Waals surface area contributed by atoms with E-state index in [0.29, 0.717) is 44.6 Å². The second kappa shape index (κ2) is 13.3. The molecule has 1 fully saturated rings. The summed E-state index contributed by atoms with van der Waals surface area (Å²) >= 11 is 12.7. The fourth-order valence-electron chi connectivity index (χ4n) is 4.14. The van der Waals surface area contributed by atoms with E-state index in [4.69, 9.17) is 32.8 Å². The molecule has 1 aliphatic rings. The van der Waals surface area contributed by atoms with Gasteiger partial charge in [-0.05, 0) is 44.4 Å². The minimum atomic E-state index is -0.855. The molecule has 1 aliphatic heterocycles. The molecule has 2 aromatic carbocycles. The number of piperidine rings is 1. The number of ether oxygens (including phenoxy) is 1. The normalized spacial score (nSPS) is 14.5. The SMILES string of the molecule is CN(C)CCOC(=O)N1CCC(O/N=C(\c2ccc(=O)n(-c3c(Cl)cccc3Cl)c2)c2ccc(F)cc2F)CC1. The summed E-state index contributed by atoms with van der Waals surface area (Å²) in [6.07, 6.45) is 1.61. The number of benzene rings is 2. The number of carbonyl (C=O) groups is 1. The van der Waals surface area contributed by atoms with Gasteiger partial charge in [0, 0.05) is 61.9 Å². The van der Waals surface area contributed by atoms with Gasteiger partial charge >= 0.3 is 6.09 Å². The maximum absolute atomic E-state index is 14.9. The van der Waals surface area contributed by atoms with E-state index >= 15 is 0 Å². The Hall–Kier alpha value is -3.47. The number of amides is 1. The van der Waals surface area contributed by atoms with E-state index in [2.05, 4.69) is 5.16 Å². The molecule has 0 unspecified atom stereocenters. The van der Waals surface area contributed by atoms with Gasteiger partial charge in [0.15, 0.2) is 0 Å². The van der Waals surface area contributed by atoms with Crippen molar-refractivity contribution >= 4 is 35.0 Å². The predicted molar refractivity (Wildman–Crippen MR) is 150 cm³/mol. The first kappa shape index (κ1) is 29.5. The Bertz CT molecular complexity index is 1440. The molecule has 2 heterocycles. The first-order valence-electron chi connectivity index (χ1n) is 12.6. The van der Waals surface area contributed by atoms with Gasteiger partial charge in [0.25, 0.3) is 5.56 Å². The molecule has 3 aromatic rings. The van der Waals surface area contributed by atoms with Gasteiger partial charge in [-0.25, -0.2) is 13.6 Å². The minimum Gasteiger partial charge on any atom is -0.448 e. The summed E-state index contributed by atoms with van der Waals surface area (Å²) in [6, 6.07) is 10.6. The lowest BCUT2D eigenvalue weighted by molar-refractivity contribution is 0.00829. The molecule has 12 heteroatoms. The van der Waals surface area contributed by atoms with Gasteiger partial charge in [-0.15, -0.1) is 0 Å². The van der Waals surface area contributed by atoms with Gasteiger partial charge in [-0.3, -0.25) is 9.36 Å². The van der Waals surface area contributed by atoms with Crippen LogP contribution < -0.4 is 5.56 Å². The zero-order chi connectivity index (χ0) is 28.8. The van der Waals surface area contributed by atoms with Crippen LogP contribution in [-0.4, -0.2) is 72.6 Å². The van der Waals surface area contributed by atoms with Crippen molar-refractivity contribution in [1.82, 2.24) is 14.4 Å². The maximum atomic E-state index is 14.9. The Labute approximate surface area is 240 Å². The summed E-state index contributed by atoms with van der Waals surface area (Å²) in [5.74, 6) is -1.61. The summed E-state index contributed by atoms with van der Waals surface area (Å²) in [4.78, 5) is 34.4. The summed E-state index contributed by atoms with van der Waals surface area (Å²) < 4.78 is 35.2. The minimum absolute atomic E-state index is 0.0289. The molecule has 0 aliphatic carbocycles. The molecule has 212 valence electrons. The third kappa shape index (κ3) is 7.18. The van der Waals surface area contributed by atoms with Crippen LogP contribution in [0.5, 0.6) is 0 Å². The van der Waals surface area contributed by atoms with Crippen LogP contribution in [0.25, 0.3) is 5.69 Å². The zero-order valence-corrected chi connectivity index (χ0v) is 23.5. The number of para-hydroxylation sites is 1. The monoisotopic (exact) mass is 592 g/mol. The van der Waals surface area contributed by atoms with Crippen LogP contribution in [0.4, 0.5) is 13.6 Å². The Morgan fingerprint density at radius 2 is 1.77 bits per heavy atom. The highest BCUT2D eigenvalue weighted by Gasteiger charge is 2.26. The molecule has 8 nitrogen and oxygen atoms in total. The van der Waals surface area contributed by atoms with Crippen molar-refractivity contribution in [1.29, 1.82) is 0 Å². The molecule has 0 bridgehead atoms. The van der Waals surface area contributed by atoms with E-state index < -0.39 is 23.3 Å². The number of likely N-dealkylation sites (N-methyl/N-ethyl adjacent to an activating group) is 1. The van der Waals surface area contributed by atoms with Crippen molar-refractivity contribution in [2.24, 2.45) is 5.16 Å². The van der Waals surface area contributed by atoms with Crippen molar-refractivity contribution < 1.29 is 23.1 Å². The van der Waals surface area contributed by atoms with Crippen molar-refractivity contribution in [2.45, 2.75) is 18.9 Å². The lowest BCUT2D eigenvalue weighted by Gasteiger charge is -2.30. The summed E-state index contributed by atoms with van der Waals surface area (Å²) in [5.41, 5.74) is 0.146. The van der Waals surface area contributed by atoms with E-state index in [1.165, 1.54) is 29.0 Å². The van der Waals surface area contributed by atoms with E-state index in [-0.39, 0.29) is 33.1 Å². The van der Waals surface area contributed by atoms with Gasteiger partial charge < -0.3 is 19.4 Å². The van der Waals surface area contributed by atoms with E-state index in [1.807, 2.05) is 19.0 Å². The maximum Gasteiger partial charge on any atom is 0.409 e. The average Bonchev–Trinajstić information content (AvgIpc) is 2.91. The average molecular weight is 593 g/mol. The van der Waals surface area contributed by atoms with Crippen LogP contribution >= 0.6 is 23.2 Å². The number of oxime groups is 1.